The standard InChI is InChI=1S/C17H17N4O3/c1-9-3-4-12-13(7-9)11-5-6-14(10(2)16(11)24-17(12)22)23-8-15-18-20-21-19-15/h5-6,9H,3-4,7-8H2,1-2H3/q-1/t9-/m1/s1. The third kappa shape index (κ3) is 2.46. The van der Waals surface area contributed by atoms with Gasteiger partial charge >= 0.3 is 5.63 Å². The molecule has 2 aromatic heterocycles. The van der Waals surface area contributed by atoms with Gasteiger partial charge in [-0.3, -0.25) is 10.3 Å². The van der Waals surface area contributed by atoms with Crippen molar-refractivity contribution in [2.45, 2.75) is 39.7 Å². The summed E-state index contributed by atoms with van der Waals surface area (Å²) in [6, 6.07) is 3.88. The summed E-state index contributed by atoms with van der Waals surface area (Å²) >= 11 is 0. The van der Waals surface area contributed by atoms with Crippen molar-refractivity contribution in [3.63, 3.8) is 0 Å². The third-order valence-electron chi connectivity index (χ3n) is 4.64. The van der Waals surface area contributed by atoms with E-state index in [9.17, 15) is 4.79 Å². The number of tetrazole rings is 1. The van der Waals surface area contributed by atoms with Gasteiger partial charge in [0.1, 0.15) is 17.9 Å². The molecule has 7 nitrogen and oxygen atoms in total. The maximum Gasteiger partial charge on any atom is 0.339 e. The number of fused-ring (bicyclic) bond motifs is 3. The van der Waals surface area contributed by atoms with E-state index < -0.39 is 0 Å². The molecule has 0 radical (unpaired) electrons. The van der Waals surface area contributed by atoms with Gasteiger partial charge in [-0.2, -0.15) is 5.21 Å². The number of nitrogens with zero attached hydrogens (tertiary/aromatic N) is 4. The number of benzene rings is 1. The molecule has 2 heterocycles. The van der Waals surface area contributed by atoms with E-state index in [2.05, 4.69) is 27.5 Å². The van der Waals surface area contributed by atoms with Crippen molar-refractivity contribution < 1.29 is 9.15 Å². The van der Waals surface area contributed by atoms with Crippen LogP contribution in [0.25, 0.3) is 11.0 Å². The number of aryl methyl sites for hydroxylation is 1. The topological polar surface area (TPSA) is 92.2 Å². The van der Waals surface area contributed by atoms with Gasteiger partial charge in [0.2, 0.25) is 0 Å². The van der Waals surface area contributed by atoms with Crippen molar-refractivity contribution in [1.82, 2.24) is 20.6 Å². The molecule has 0 bridgehead atoms. The van der Waals surface area contributed by atoms with Crippen molar-refractivity contribution in [3.8, 4) is 5.75 Å². The molecule has 24 heavy (non-hydrogen) atoms. The predicted molar refractivity (Wildman–Crippen MR) is 85.9 cm³/mol. The highest BCUT2D eigenvalue weighted by molar-refractivity contribution is 5.86. The molecule has 1 aliphatic carbocycles. The number of rotatable bonds is 3. The van der Waals surface area contributed by atoms with E-state index in [1.165, 1.54) is 0 Å². The molecule has 3 aromatic rings. The summed E-state index contributed by atoms with van der Waals surface area (Å²) in [6.45, 7) is 4.28. The maximum absolute atomic E-state index is 12.3. The molecule has 0 unspecified atom stereocenters. The average molecular weight is 325 g/mol. The molecule has 0 aliphatic heterocycles. The highest BCUT2D eigenvalue weighted by atomic mass is 16.5. The maximum atomic E-state index is 12.3. The lowest BCUT2D eigenvalue weighted by molar-refractivity contribution is 0.293. The minimum atomic E-state index is -0.225. The van der Waals surface area contributed by atoms with Crippen LogP contribution < -0.4 is 15.5 Å². The molecule has 0 fully saturated rings. The van der Waals surface area contributed by atoms with Gasteiger partial charge in [0.05, 0.1) is 0 Å². The van der Waals surface area contributed by atoms with Crippen LogP contribution in [-0.2, 0) is 19.4 Å². The quantitative estimate of drug-likeness (QED) is 0.679. The Labute approximate surface area is 138 Å². The van der Waals surface area contributed by atoms with Gasteiger partial charge in [0, 0.05) is 22.3 Å². The van der Waals surface area contributed by atoms with Gasteiger partial charge in [0.15, 0.2) is 0 Å². The van der Waals surface area contributed by atoms with Gasteiger partial charge in [-0.25, -0.2) is 4.79 Å². The van der Waals surface area contributed by atoms with E-state index >= 15 is 0 Å². The Morgan fingerprint density at radius 3 is 3.04 bits per heavy atom. The monoisotopic (exact) mass is 325 g/mol. The zero-order valence-corrected chi connectivity index (χ0v) is 13.6. The SMILES string of the molecule is Cc1c(OCc2nnn[n-]2)ccc2c3c(c(=O)oc12)CC[C@@H](C)C3. The second-order valence-electron chi connectivity index (χ2n) is 6.34. The van der Waals surface area contributed by atoms with Gasteiger partial charge in [-0.05, 0) is 49.8 Å². The molecule has 0 saturated carbocycles. The van der Waals surface area contributed by atoms with Crippen LogP contribution in [0.5, 0.6) is 5.75 Å². The summed E-state index contributed by atoms with van der Waals surface area (Å²) in [5.41, 5.74) is 3.14. The van der Waals surface area contributed by atoms with Gasteiger partial charge < -0.3 is 14.3 Å². The summed E-state index contributed by atoms with van der Waals surface area (Å²) < 4.78 is 11.3. The zero-order valence-electron chi connectivity index (χ0n) is 13.6. The van der Waals surface area contributed by atoms with Crippen LogP contribution in [0.3, 0.4) is 0 Å². The minimum Gasteiger partial charge on any atom is -0.488 e. The first-order chi connectivity index (χ1) is 11.6. The highest BCUT2D eigenvalue weighted by Gasteiger charge is 2.23. The van der Waals surface area contributed by atoms with Crippen LogP contribution in [0.2, 0.25) is 0 Å². The lowest BCUT2D eigenvalue weighted by atomic mass is 9.84. The number of hydrogen-bond acceptors (Lipinski definition) is 6. The first-order valence-corrected chi connectivity index (χ1v) is 8.02. The molecule has 4 rings (SSSR count). The summed E-state index contributed by atoms with van der Waals surface area (Å²) in [6.07, 6.45) is 2.74. The second-order valence-corrected chi connectivity index (χ2v) is 6.34. The molecule has 0 spiro atoms. The minimum absolute atomic E-state index is 0.172. The van der Waals surface area contributed by atoms with Crippen LogP contribution in [0, 0.1) is 12.8 Å². The Morgan fingerprint density at radius 1 is 1.38 bits per heavy atom. The first kappa shape index (κ1) is 14.9. The van der Waals surface area contributed by atoms with E-state index in [1.807, 2.05) is 19.1 Å². The Bertz CT molecular complexity index is 947. The van der Waals surface area contributed by atoms with Gasteiger partial charge in [0.25, 0.3) is 0 Å². The fraction of sp³-hybridized carbons (Fsp3) is 0.412. The summed E-state index contributed by atoms with van der Waals surface area (Å²) in [5.74, 6) is 1.63. The molecule has 124 valence electrons. The summed E-state index contributed by atoms with van der Waals surface area (Å²) in [5, 5.41) is 15.3. The molecule has 1 aromatic carbocycles. The lowest BCUT2D eigenvalue weighted by Crippen LogP contribution is -2.20. The summed E-state index contributed by atoms with van der Waals surface area (Å²) in [7, 11) is 0. The second kappa shape index (κ2) is 5.74. The van der Waals surface area contributed by atoms with Crippen molar-refractivity contribution in [1.29, 1.82) is 0 Å². The fourth-order valence-corrected chi connectivity index (χ4v) is 3.33. The largest absolute Gasteiger partial charge is 0.488 e. The van der Waals surface area contributed by atoms with Crippen molar-refractivity contribution in [3.05, 3.63) is 45.1 Å². The van der Waals surface area contributed by atoms with E-state index in [4.69, 9.17) is 9.15 Å². The van der Waals surface area contributed by atoms with E-state index in [0.29, 0.717) is 23.1 Å². The third-order valence-corrected chi connectivity index (χ3v) is 4.64. The van der Waals surface area contributed by atoms with Crippen molar-refractivity contribution in [2.75, 3.05) is 0 Å². The smallest absolute Gasteiger partial charge is 0.339 e. The average Bonchev–Trinajstić information content (AvgIpc) is 3.08. The molecule has 1 atom stereocenters. The highest BCUT2D eigenvalue weighted by Crippen LogP contribution is 2.34. The van der Waals surface area contributed by atoms with Gasteiger partial charge in [-0.15, -0.1) is 0 Å². The lowest BCUT2D eigenvalue weighted by Gasteiger charge is -2.22. The molecule has 7 heteroatoms. The summed E-state index contributed by atoms with van der Waals surface area (Å²) in [4.78, 5) is 12.3. The first-order valence-electron chi connectivity index (χ1n) is 8.02. The predicted octanol–water partition coefficient (Wildman–Crippen LogP) is 1.95. The molecular weight excluding hydrogens is 308 g/mol. The van der Waals surface area contributed by atoms with E-state index in [1.54, 1.807) is 0 Å². The molecular formula is C17H17N4O3-. The Hall–Kier alpha value is -2.70. The van der Waals surface area contributed by atoms with Crippen molar-refractivity contribution >= 4 is 11.0 Å². The normalized spacial score (nSPS) is 17.0. The molecule has 0 N–H and O–H groups in total. The van der Waals surface area contributed by atoms with Crippen LogP contribution in [-0.4, -0.2) is 15.5 Å². The fourth-order valence-electron chi connectivity index (χ4n) is 3.33. The van der Waals surface area contributed by atoms with E-state index in [0.717, 1.165) is 41.3 Å². The Morgan fingerprint density at radius 2 is 2.25 bits per heavy atom. The van der Waals surface area contributed by atoms with Crippen LogP contribution in [0.15, 0.2) is 21.3 Å². The van der Waals surface area contributed by atoms with E-state index in [-0.39, 0.29) is 12.2 Å². The molecule has 0 amide bonds. The Balaban J connectivity index is 1.77. The Kier molecular flexibility index (Phi) is 3.55. The van der Waals surface area contributed by atoms with Crippen LogP contribution in [0.1, 0.15) is 35.9 Å². The van der Waals surface area contributed by atoms with Crippen molar-refractivity contribution in [2.24, 2.45) is 5.92 Å². The number of ether oxygens (including phenoxy) is 1. The molecule has 0 saturated heterocycles. The zero-order chi connectivity index (χ0) is 16.7. The number of hydrogen-bond donors (Lipinski definition) is 0. The van der Waals surface area contributed by atoms with Crippen LogP contribution in [0.4, 0.5) is 0 Å². The number of aromatic nitrogens is 4. The van der Waals surface area contributed by atoms with Gasteiger partial charge in [-0.1, -0.05) is 6.92 Å². The molecule has 1 aliphatic rings. The van der Waals surface area contributed by atoms with Crippen LogP contribution >= 0.6 is 0 Å².